The normalized spacial score (nSPS) is 18.3. The fourth-order valence-corrected chi connectivity index (χ4v) is 4.09. The van der Waals surface area contributed by atoms with Gasteiger partial charge in [0.1, 0.15) is 5.54 Å². The van der Waals surface area contributed by atoms with Gasteiger partial charge in [-0.25, -0.2) is 4.98 Å². The molecule has 0 bridgehead atoms. The number of nitrogens with two attached hydrogens (primary N) is 1. The fraction of sp³-hybridized carbons (Fsp3) is 0.444. The number of benzene rings is 1. The van der Waals surface area contributed by atoms with Crippen molar-refractivity contribution in [1.29, 1.82) is 0 Å². The molecule has 1 aliphatic carbocycles. The number of amides is 1. The molecular formula is C18H22ClN3O2S. The number of aromatic nitrogens is 1. The number of ether oxygens (including phenoxy) is 1. The lowest BCUT2D eigenvalue weighted by molar-refractivity contribution is -0.124. The largest absolute Gasteiger partial charge is 0.381 e. The Morgan fingerprint density at radius 1 is 1.24 bits per heavy atom. The first kappa shape index (κ1) is 18.3. The highest BCUT2D eigenvalue weighted by Gasteiger charge is 2.36. The van der Waals surface area contributed by atoms with Crippen molar-refractivity contribution in [2.45, 2.75) is 37.6 Å². The second-order valence-corrected chi connectivity index (χ2v) is 7.46. The Hall–Kier alpha value is -1.47. The van der Waals surface area contributed by atoms with Crippen LogP contribution in [0, 0.1) is 0 Å². The number of hydrogen-bond acceptors (Lipinski definition) is 5. The van der Waals surface area contributed by atoms with Gasteiger partial charge in [0.2, 0.25) is 5.91 Å². The number of carbonyl (C=O) groups is 1. The van der Waals surface area contributed by atoms with Gasteiger partial charge in [-0.2, -0.15) is 0 Å². The van der Waals surface area contributed by atoms with E-state index in [-0.39, 0.29) is 18.3 Å². The molecule has 1 fully saturated rings. The molecule has 1 saturated heterocycles. The Labute approximate surface area is 157 Å². The number of aryl methyl sites for hydroxylation is 2. The maximum Gasteiger partial charge on any atom is 0.246 e. The van der Waals surface area contributed by atoms with Gasteiger partial charge in [0.15, 0.2) is 5.13 Å². The summed E-state index contributed by atoms with van der Waals surface area (Å²) in [6.45, 7) is 1.06. The Morgan fingerprint density at radius 2 is 2.00 bits per heavy atom. The summed E-state index contributed by atoms with van der Waals surface area (Å²) in [6.07, 6.45) is 4.65. The molecule has 25 heavy (non-hydrogen) atoms. The smallest absolute Gasteiger partial charge is 0.246 e. The lowest BCUT2D eigenvalue weighted by Gasteiger charge is -2.31. The zero-order chi connectivity index (χ0) is 16.6. The van der Waals surface area contributed by atoms with Crippen LogP contribution in [0.4, 0.5) is 5.13 Å². The lowest BCUT2D eigenvalue weighted by Crippen LogP contribution is -2.54. The van der Waals surface area contributed by atoms with Crippen LogP contribution in [0.25, 0.3) is 11.3 Å². The van der Waals surface area contributed by atoms with Crippen molar-refractivity contribution in [2.75, 3.05) is 18.5 Å². The first-order chi connectivity index (χ1) is 11.6. The predicted octanol–water partition coefficient (Wildman–Crippen LogP) is 3.17. The summed E-state index contributed by atoms with van der Waals surface area (Å²) in [5.41, 5.74) is 10.3. The first-order valence-electron chi connectivity index (χ1n) is 8.40. The average Bonchev–Trinajstić information content (AvgIpc) is 3.23. The van der Waals surface area contributed by atoms with E-state index in [1.807, 2.05) is 5.38 Å². The van der Waals surface area contributed by atoms with Gasteiger partial charge in [-0.15, -0.1) is 23.7 Å². The van der Waals surface area contributed by atoms with Crippen LogP contribution in [0.15, 0.2) is 23.6 Å². The van der Waals surface area contributed by atoms with E-state index in [0.29, 0.717) is 31.2 Å². The number of nitrogens with one attached hydrogen (secondary N) is 1. The summed E-state index contributed by atoms with van der Waals surface area (Å²) in [5.74, 6) is -0.166. The van der Waals surface area contributed by atoms with Gasteiger partial charge in [-0.3, -0.25) is 4.79 Å². The number of anilines is 1. The van der Waals surface area contributed by atoms with E-state index < -0.39 is 5.54 Å². The molecule has 134 valence electrons. The number of carbonyl (C=O) groups excluding carboxylic acids is 1. The van der Waals surface area contributed by atoms with Crippen LogP contribution in [0.2, 0.25) is 0 Å². The van der Waals surface area contributed by atoms with Gasteiger partial charge >= 0.3 is 0 Å². The minimum Gasteiger partial charge on any atom is -0.381 e. The molecule has 5 nitrogen and oxygen atoms in total. The molecule has 0 radical (unpaired) electrons. The van der Waals surface area contributed by atoms with Crippen molar-refractivity contribution in [2.24, 2.45) is 5.73 Å². The van der Waals surface area contributed by atoms with Gasteiger partial charge in [-0.1, -0.05) is 12.1 Å². The van der Waals surface area contributed by atoms with Crippen LogP contribution in [0.1, 0.15) is 30.4 Å². The Kier molecular flexibility index (Phi) is 5.43. The molecule has 2 aliphatic rings. The first-order valence-corrected chi connectivity index (χ1v) is 9.28. The highest BCUT2D eigenvalue weighted by atomic mass is 35.5. The van der Waals surface area contributed by atoms with E-state index in [9.17, 15) is 4.79 Å². The summed E-state index contributed by atoms with van der Waals surface area (Å²) >= 11 is 1.44. The van der Waals surface area contributed by atoms with Crippen LogP contribution in [-0.4, -0.2) is 29.6 Å². The second kappa shape index (κ2) is 7.41. The third kappa shape index (κ3) is 3.72. The van der Waals surface area contributed by atoms with Crippen LogP contribution < -0.4 is 11.1 Å². The molecule has 7 heteroatoms. The molecule has 0 spiro atoms. The highest BCUT2D eigenvalue weighted by molar-refractivity contribution is 7.14. The molecule has 2 aromatic rings. The third-order valence-corrected chi connectivity index (χ3v) is 5.71. The Balaban J connectivity index is 0.00000182. The summed E-state index contributed by atoms with van der Waals surface area (Å²) < 4.78 is 5.29. The summed E-state index contributed by atoms with van der Waals surface area (Å²) in [5, 5.41) is 5.47. The topological polar surface area (TPSA) is 77.2 Å². The maximum atomic E-state index is 12.5. The van der Waals surface area contributed by atoms with E-state index in [0.717, 1.165) is 17.7 Å². The second-order valence-electron chi connectivity index (χ2n) is 6.60. The molecule has 1 aromatic carbocycles. The molecule has 0 saturated carbocycles. The van der Waals surface area contributed by atoms with E-state index in [1.165, 1.54) is 35.3 Å². The van der Waals surface area contributed by atoms with Crippen LogP contribution in [0.3, 0.4) is 0 Å². The molecule has 1 amide bonds. The van der Waals surface area contributed by atoms with Crippen LogP contribution >= 0.6 is 23.7 Å². The zero-order valence-corrected chi connectivity index (χ0v) is 15.5. The predicted molar refractivity (Wildman–Crippen MR) is 102 cm³/mol. The lowest BCUT2D eigenvalue weighted by atomic mass is 9.90. The number of halogens is 1. The van der Waals surface area contributed by atoms with Gasteiger partial charge in [-0.05, 0) is 49.3 Å². The summed E-state index contributed by atoms with van der Waals surface area (Å²) in [6, 6.07) is 6.55. The molecule has 1 aliphatic heterocycles. The van der Waals surface area contributed by atoms with Crippen molar-refractivity contribution in [1.82, 2.24) is 4.98 Å². The molecule has 0 atom stereocenters. The summed E-state index contributed by atoms with van der Waals surface area (Å²) in [7, 11) is 0. The molecule has 3 N–H and O–H groups in total. The Morgan fingerprint density at radius 3 is 2.80 bits per heavy atom. The van der Waals surface area contributed by atoms with Gasteiger partial charge in [0.05, 0.1) is 5.69 Å². The van der Waals surface area contributed by atoms with Gasteiger partial charge in [0, 0.05) is 24.2 Å². The summed E-state index contributed by atoms with van der Waals surface area (Å²) in [4.78, 5) is 17.0. The molecule has 1 aromatic heterocycles. The zero-order valence-electron chi connectivity index (χ0n) is 13.9. The van der Waals surface area contributed by atoms with E-state index in [1.54, 1.807) is 0 Å². The average molecular weight is 380 g/mol. The molecule has 0 unspecified atom stereocenters. The quantitative estimate of drug-likeness (QED) is 0.858. The standard InChI is InChI=1S/C18H21N3O2S.ClH/c19-18(6-8-23-9-7-18)16(22)21-17-20-15(11-24-17)14-5-4-12-2-1-3-13(12)10-14;/h4-5,10-11H,1-3,6-9,19H2,(H,20,21,22);1H. The number of nitrogens with zero attached hydrogens (tertiary/aromatic N) is 1. The third-order valence-electron chi connectivity index (χ3n) is 4.96. The van der Waals surface area contributed by atoms with E-state index in [4.69, 9.17) is 10.5 Å². The van der Waals surface area contributed by atoms with Crippen LogP contribution in [0.5, 0.6) is 0 Å². The number of rotatable bonds is 3. The minimum atomic E-state index is -0.850. The van der Waals surface area contributed by atoms with E-state index >= 15 is 0 Å². The maximum absolute atomic E-state index is 12.5. The van der Waals surface area contributed by atoms with E-state index in [2.05, 4.69) is 28.5 Å². The Bertz CT molecular complexity index is 771. The molecule has 2 heterocycles. The number of thiazole rings is 1. The van der Waals surface area contributed by atoms with Crippen molar-refractivity contribution >= 4 is 34.8 Å². The van der Waals surface area contributed by atoms with Gasteiger partial charge < -0.3 is 15.8 Å². The minimum absolute atomic E-state index is 0. The van der Waals surface area contributed by atoms with Crippen molar-refractivity contribution in [3.05, 3.63) is 34.7 Å². The highest BCUT2D eigenvalue weighted by Crippen LogP contribution is 2.30. The van der Waals surface area contributed by atoms with Crippen molar-refractivity contribution in [3.8, 4) is 11.3 Å². The van der Waals surface area contributed by atoms with Crippen molar-refractivity contribution in [3.63, 3.8) is 0 Å². The number of fused-ring (bicyclic) bond motifs is 1. The molecular weight excluding hydrogens is 358 g/mol. The van der Waals surface area contributed by atoms with Crippen molar-refractivity contribution < 1.29 is 9.53 Å². The SMILES string of the molecule is Cl.NC1(C(=O)Nc2nc(-c3ccc4c(c3)CCC4)cs2)CCOCC1. The van der Waals surface area contributed by atoms with Gasteiger partial charge in [0.25, 0.3) is 0 Å². The van der Waals surface area contributed by atoms with Crippen LogP contribution in [-0.2, 0) is 22.4 Å². The fourth-order valence-electron chi connectivity index (χ4n) is 3.38. The monoisotopic (exact) mass is 379 g/mol. The molecule has 4 rings (SSSR count). The number of hydrogen-bond donors (Lipinski definition) is 2.